The van der Waals surface area contributed by atoms with Gasteiger partial charge < -0.3 is 9.47 Å². The first-order chi connectivity index (χ1) is 10.1. The second-order valence-electron chi connectivity index (χ2n) is 5.85. The summed E-state index contributed by atoms with van der Waals surface area (Å²) < 4.78 is 10.9. The Hall–Kier alpha value is -1.14. The summed E-state index contributed by atoms with van der Waals surface area (Å²) in [4.78, 5) is 2.43. The molecule has 1 aromatic rings. The van der Waals surface area contributed by atoms with E-state index in [-0.39, 0.29) is 11.6 Å². The molecule has 21 heavy (non-hydrogen) atoms. The molecule has 1 saturated heterocycles. The second-order valence-corrected chi connectivity index (χ2v) is 5.85. The van der Waals surface area contributed by atoms with Crippen LogP contribution in [0.25, 0.3) is 0 Å². The molecule has 1 aromatic carbocycles. The lowest BCUT2D eigenvalue weighted by atomic mass is 9.87. The number of hydrogen-bond donors (Lipinski definition) is 2. The molecule has 1 unspecified atom stereocenters. The van der Waals surface area contributed by atoms with Crippen molar-refractivity contribution in [1.82, 2.24) is 10.3 Å². The highest BCUT2D eigenvalue weighted by molar-refractivity contribution is 5.31. The Morgan fingerprint density at radius 1 is 1.29 bits per heavy atom. The number of nitrogens with zero attached hydrogens (tertiary/aromatic N) is 1. The number of hydrogen-bond acceptors (Lipinski definition) is 5. The van der Waals surface area contributed by atoms with E-state index in [1.54, 1.807) is 0 Å². The van der Waals surface area contributed by atoms with Gasteiger partial charge in [0.25, 0.3) is 0 Å². The molecule has 5 heteroatoms. The lowest BCUT2D eigenvalue weighted by molar-refractivity contribution is -0.0238. The van der Waals surface area contributed by atoms with Crippen molar-refractivity contribution in [2.45, 2.75) is 32.4 Å². The van der Waals surface area contributed by atoms with Gasteiger partial charge in [0.15, 0.2) is 0 Å². The maximum Gasteiger partial charge on any atom is 0.119 e. The number of ether oxygens (including phenoxy) is 2. The molecule has 118 valence electrons. The molecule has 0 amide bonds. The first-order valence-corrected chi connectivity index (χ1v) is 7.61. The zero-order chi connectivity index (χ0) is 15.3. The molecule has 1 aliphatic heterocycles. The Labute approximate surface area is 127 Å². The van der Waals surface area contributed by atoms with Crippen LogP contribution in [0.3, 0.4) is 0 Å². The van der Waals surface area contributed by atoms with Crippen molar-refractivity contribution < 1.29 is 9.47 Å². The van der Waals surface area contributed by atoms with Crippen molar-refractivity contribution in [1.29, 1.82) is 0 Å². The third-order valence-corrected chi connectivity index (χ3v) is 4.22. The number of hydrazine groups is 1. The van der Waals surface area contributed by atoms with Gasteiger partial charge in [0.2, 0.25) is 0 Å². The summed E-state index contributed by atoms with van der Waals surface area (Å²) >= 11 is 0. The van der Waals surface area contributed by atoms with Crippen LogP contribution in [0.5, 0.6) is 5.75 Å². The molecular formula is C16H27N3O2. The molecular weight excluding hydrogens is 266 g/mol. The highest BCUT2D eigenvalue weighted by atomic mass is 16.5. The number of morpholine rings is 1. The molecule has 1 heterocycles. The van der Waals surface area contributed by atoms with Crippen LogP contribution in [0.1, 0.15) is 32.4 Å². The van der Waals surface area contributed by atoms with Gasteiger partial charge in [-0.1, -0.05) is 12.1 Å². The van der Waals surface area contributed by atoms with Crippen molar-refractivity contribution in [3.63, 3.8) is 0 Å². The van der Waals surface area contributed by atoms with Gasteiger partial charge in [-0.3, -0.25) is 16.2 Å². The van der Waals surface area contributed by atoms with Crippen LogP contribution in [0.2, 0.25) is 0 Å². The van der Waals surface area contributed by atoms with Crippen molar-refractivity contribution in [2.24, 2.45) is 5.84 Å². The van der Waals surface area contributed by atoms with Crippen LogP contribution in [-0.4, -0.2) is 43.3 Å². The Morgan fingerprint density at radius 2 is 1.90 bits per heavy atom. The Bertz CT molecular complexity index is 428. The summed E-state index contributed by atoms with van der Waals surface area (Å²) in [7, 11) is 0. The van der Waals surface area contributed by atoms with E-state index in [0.29, 0.717) is 6.61 Å². The molecule has 0 bridgehead atoms. The number of benzene rings is 1. The predicted molar refractivity (Wildman–Crippen MR) is 84.1 cm³/mol. The summed E-state index contributed by atoms with van der Waals surface area (Å²) in [6.45, 7) is 10.5. The average molecular weight is 293 g/mol. The topological polar surface area (TPSA) is 59.8 Å². The van der Waals surface area contributed by atoms with E-state index < -0.39 is 0 Å². The first-order valence-electron chi connectivity index (χ1n) is 7.61. The minimum Gasteiger partial charge on any atom is -0.494 e. The van der Waals surface area contributed by atoms with Crippen LogP contribution < -0.4 is 16.0 Å². The molecule has 1 fully saturated rings. The van der Waals surface area contributed by atoms with Crippen LogP contribution in [-0.2, 0) is 4.74 Å². The summed E-state index contributed by atoms with van der Waals surface area (Å²) in [6, 6.07) is 8.21. The van der Waals surface area contributed by atoms with Crippen LogP contribution in [0.4, 0.5) is 0 Å². The third-order valence-electron chi connectivity index (χ3n) is 4.22. The van der Waals surface area contributed by atoms with Crippen molar-refractivity contribution in [3.05, 3.63) is 29.8 Å². The van der Waals surface area contributed by atoms with Gasteiger partial charge >= 0.3 is 0 Å². The standard InChI is InChI=1S/C16H27N3O2/c1-4-21-14-7-5-13(6-8-14)15(18-17)16(2,3)19-9-11-20-12-10-19/h5-8,15,18H,4,9-12,17H2,1-3H3. The predicted octanol–water partition coefficient (Wildman–Crippen LogP) is 1.70. The number of rotatable bonds is 6. The Balaban J connectivity index is 2.16. The molecule has 3 N–H and O–H groups in total. The lowest BCUT2D eigenvalue weighted by Gasteiger charge is -2.45. The fourth-order valence-corrected chi connectivity index (χ4v) is 2.95. The van der Waals surface area contributed by atoms with Gasteiger partial charge in [0.05, 0.1) is 25.9 Å². The zero-order valence-corrected chi connectivity index (χ0v) is 13.3. The molecule has 1 atom stereocenters. The molecule has 0 aromatic heterocycles. The fraction of sp³-hybridized carbons (Fsp3) is 0.625. The maximum absolute atomic E-state index is 5.86. The molecule has 1 aliphatic rings. The van der Waals surface area contributed by atoms with E-state index in [4.69, 9.17) is 15.3 Å². The number of nitrogens with one attached hydrogen (secondary N) is 1. The first kappa shape index (κ1) is 16.2. The van der Waals surface area contributed by atoms with Gasteiger partial charge in [-0.25, -0.2) is 0 Å². The van der Waals surface area contributed by atoms with Crippen molar-refractivity contribution in [3.8, 4) is 5.75 Å². The van der Waals surface area contributed by atoms with Crippen molar-refractivity contribution in [2.75, 3.05) is 32.9 Å². The molecule has 0 spiro atoms. The smallest absolute Gasteiger partial charge is 0.119 e. The number of nitrogens with two attached hydrogens (primary N) is 1. The largest absolute Gasteiger partial charge is 0.494 e. The molecule has 2 rings (SSSR count). The maximum atomic E-state index is 5.86. The quantitative estimate of drug-likeness (QED) is 0.617. The van der Waals surface area contributed by atoms with Gasteiger partial charge in [0.1, 0.15) is 5.75 Å². The fourth-order valence-electron chi connectivity index (χ4n) is 2.95. The zero-order valence-electron chi connectivity index (χ0n) is 13.3. The van der Waals surface area contributed by atoms with E-state index in [9.17, 15) is 0 Å². The molecule has 0 aliphatic carbocycles. The van der Waals surface area contributed by atoms with Gasteiger partial charge in [-0.15, -0.1) is 0 Å². The van der Waals surface area contributed by atoms with E-state index in [1.807, 2.05) is 19.1 Å². The van der Waals surface area contributed by atoms with Crippen LogP contribution in [0, 0.1) is 0 Å². The normalized spacial score (nSPS) is 18.5. The summed E-state index contributed by atoms with van der Waals surface area (Å²) in [5.41, 5.74) is 4.06. The Kier molecular flexibility index (Phi) is 5.58. The second kappa shape index (κ2) is 7.22. The third kappa shape index (κ3) is 3.74. The summed E-state index contributed by atoms with van der Waals surface area (Å²) in [5, 5.41) is 0. The van der Waals surface area contributed by atoms with E-state index >= 15 is 0 Å². The minimum absolute atomic E-state index is 0.0475. The monoisotopic (exact) mass is 293 g/mol. The van der Waals surface area contributed by atoms with E-state index in [0.717, 1.165) is 37.6 Å². The van der Waals surface area contributed by atoms with Crippen LogP contribution in [0.15, 0.2) is 24.3 Å². The lowest BCUT2D eigenvalue weighted by Crippen LogP contribution is -2.57. The molecule has 0 saturated carbocycles. The van der Waals surface area contributed by atoms with Crippen molar-refractivity contribution >= 4 is 0 Å². The molecule has 0 radical (unpaired) electrons. The average Bonchev–Trinajstić information content (AvgIpc) is 2.51. The summed E-state index contributed by atoms with van der Waals surface area (Å²) in [6.07, 6.45) is 0. The SMILES string of the molecule is CCOc1ccc(C(NN)C(C)(C)N2CCOCC2)cc1. The highest BCUT2D eigenvalue weighted by Crippen LogP contribution is 2.32. The Morgan fingerprint density at radius 3 is 2.43 bits per heavy atom. The summed E-state index contributed by atoms with van der Waals surface area (Å²) in [5.74, 6) is 6.75. The highest BCUT2D eigenvalue weighted by Gasteiger charge is 2.36. The van der Waals surface area contributed by atoms with E-state index in [2.05, 4.69) is 36.3 Å². The van der Waals surface area contributed by atoms with Crippen LogP contribution >= 0.6 is 0 Å². The van der Waals surface area contributed by atoms with Gasteiger partial charge in [-0.2, -0.15) is 0 Å². The molecule has 5 nitrogen and oxygen atoms in total. The van der Waals surface area contributed by atoms with Gasteiger partial charge in [-0.05, 0) is 38.5 Å². The minimum atomic E-state index is -0.0916. The van der Waals surface area contributed by atoms with Gasteiger partial charge in [0, 0.05) is 18.6 Å². The van der Waals surface area contributed by atoms with E-state index in [1.165, 1.54) is 0 Å².